The molecule has 10 heteroatoms. The van der Waals surface area contributed by atoms with Gasteiger partial charge in [0.2, 0.25) is 5.65 Å². The SMILES string of the molecule is CC(Nc1ccc2ncc([N+](=O)[O-])n2n1)c1ccc(C(F)(F)F)cc1. The fourth-order valence-corrected chi connectivity index (χ4v) is 2.33. The van der Waals surface area contributed by atoms with Gasteiger partial charge in [-0.05, 0) is 35.6 Å². The minimum atomic E-state index is -4.39. The molecule has 0 radical (unpaired) electrons. The minimum Gasteiger partial charge on any atom is -0.360 e. The fourth-order valence-electron chi connectivity index (χ4n) is 2.33. The van der Waals surface area contributed by atoms with E-state index in [4.69, 9.17) is 0 Å². The highest BCUT2D eigenvalue weighted by molar-refractivity contribution is 5.49. The number of hydrogen-bond acceptors (Lipinski definition) is 5. The molecule has 1 aromatic carbocycles. The van der Waals surface area contributed by atoms with Crippen molar-refractivity contribution in [3.8, 4) is 0 Å². The average molecular weight is 351 g/mol. The van der Waals surface area contributed by atoms with Crippen molar-refractivity contribution < 1.29 is 18.1 Å². The maximum atomic E-state index is 12.6. The van der Waals surface area contributed by atoms with Crippen molar-refractivity contribution in [1.29, 1.82) is 0 Å². The van der Waals surface area contributed by atoms with Crippen LogP contribution in [-0.2, 0) is 6.18 Å². The summed E-state index contributed by atoms with van der Waals surface area (Å²) in [5.41, 5.74) is 0.214. The Kier molecular flexibility index (Phi) is 4.03. The third kappa shape index (κ3) is 3.37. The summed E-state index contributed by atoms with van der Waals surface area (Å²) in [6, 6.07) is 7.55. The van der Waals surface area contributed by atoms with Gasteiger partial charge in [-0.2, -0.15) is 13.2 Å². The Bertz CT molecular complexity index is 921. The first-order chi connectivity index (χ1) is 11.8. The average Bonchev–Trinajstić information content (AvgIpc) is 2.97. The van der Waals surface area contributed by atoms with Crippen molar-refractivity contribution in [1.82, 2.24) is 14.6 Å². The van der Waals surface area contributed by atoms with E-state index in [1.165, 1.54) is 12.1 Å². The molecule has 1 N–H and O–H groups in total. The second-order valence-corrected chi connectivity index (χ2v) is 5.35. The number of halogens is 3. The maximum absolute atomic E-state index is 12.6. The Labute approximate surface area is 139 Å². The Balaban J connectivity index is 1.83. The lowest BCUT2D eigenvalue weighted by molar-refractivity contribution is -0.391. The maximum Gasteiger partial charge on any atom is 0.416 e. The summed E-state index contributed by atoms with van der Waals surface area (Å²) < 4.78 is 38.9. The summed E-state index contributed by atoms with van der Waals surface area (Å²) in [4.78, 5) is 14.2. The van der Waals surface area contributed by atoms with Crippen LogP contribution in [0.3, 0.4) is 0 Å². The minimum absolute atomic E-state index is 0.277. The normalized spacial score (nSPS) is 13.0. The van der Waals surface area contributed by atoms with E-state index in [1.54, 1.807) is 19.1 Å². The van der Waals surface area contributed by atoms with Crippen LogP contribution in [0.5, 0.6) is 0 Å². The smallest absolute Gasteiger partial charge is 0.360 e. The molecule has 0 aliphatic heterocycles. The first-order valence-electron chi connectivity index (χ1n) is 7.18. The zero-order chi connectivity index (χ0) is 18.2. The number of nitro groups is 1. The quantitative estimate of drug-likeness (QED) is 0.570. The number of aromatic nitrogens is 3. The van der Waals surface area contributed by atoms with Gasteiger partial charge in [0.1, 0.15) is 6.20 Å². The molecule has 0 fully saturated rings. The highest BCUT2D eigenvalue weighted by atomic mass is 19.4. The van der Waals surface area contributed by atoms with Crippen molar-refractivity contribution in [3.63, 3.8) is 0 Å². The molecular weight excluding hydrogens is 339 g/mol. The van der Waals surface area contributed by atoms with Crippen molar-refractivity contribution >= 4 is 17.3 Å². The molecule has 2 heterocycles. The first kappa shape index (κ1) is 16.7. The lowest BCUT2D eigenvalue weighted by Gasteiger charge is -2.15. The molecule has 3 rings (SSSR count). The molecule has 0 bridgehead atoms. The topological polar surface area (TPSA) is 85.4 Å². The van der Waals surface area contributed by atoms with Crippen molar-refractivity contribution in [2.75, 3.05) is 5.32 Å². The molecule has 1 unspecified atom stereocenters. The van der Waals surface area contributed by atoms with Crippen LogP contribution >= 0.6 is 0 Å². The van der Waals surface area contributed by atoms with E-state index in [1.807, 2.05) is 0 Å². The van der Waals surface area contributed by atoms with E-state index in [0.717, 1.165) is 22.8 Å². The molecule has 0 aliphatic carbocycles. The first-order valence-corrected chi connectivity index (χ1v) is 7.18. The van der Waals surface area contributed by atoms with Gasteiger partial charge >= 0.3 is 12.0 Å². The molecule has 0 saturated carbocycles. The van der Waals surface area contributed by atoms with Gasteiger partial charge in [0.05, 0.1) is 11.6 Å². The van der Waals surface area contributed by atoms with Gasteiger partial charge in [0, 0.05) is 6.07 Å². The lowest BCUT2D eigenvalue weighted by atomic mass is 10.1. The Morgan fingerprint density at radius 2 is 1.88 bits per heavy atom. The van der Waals surface area contributed by atoms with E-state index in [2.05, 4.69) is 15.4 Å². The summed E-state index contributed by atoms with van der Waals surface area (Å²) in [6.45, 7) is 1.75. The predicted octanol–water partition coefficient (Wildman–Crippen LogP) is 3.83. The van der Waals surface area contributed by atoms with Gasteiger partial charge in [0.15, 0.2) is 5.82 Å². The van der Waals surface area contributed by atoms with Crippen LogP contribution in [0, 0.1) is 10.1 Å². The molecule has 0 amide bonds. The number of imidazole rings is 1. The van der Waals surface area contributed by atoms with Crippen molar-refractivity contribution in [2.24, 2.45) is 0 Å². The van der Waals surface area contributed by atoms with Crippen LogP contribution < -0.4 is 5.32 Å². The number of anilines is 1. The second kappa shape index (κ2) is 6.04. The standard InChI is InChI=1S/C15H12F3N5O2/c1-9(10-2-4-11(5-3-10)15(16,17)18)20-12-6-7-13-19-8-14(23(24)25)22(13)21-12/h2-9H,1H3,(H,20,21). The highest BCUT2D eigenvalue weighted by Crippen LogP contribution is 2.30. The summed E-state index contributed by atoms with van der Waals surface area (Å²) in [5, 5.41) is 18.0. The summed E-state index contributed by atoms with van der Waals surface area (Å²) >= 11 is 0. The van der Waals surface area contributed by atoms with Crippen LogP contribution in [0.25, 0.3) is 5.65 Å². The van der Waals surface area contributed by atoms with Gasteiger partial charge in [-0.25, -0.2) is 4.98 Å². The molecular formula is C15H12F3N5O2. The third-order valence-corrected chi connectivity index (χ3v) is 3.63. The molecule has 1 atom stereocenters. The molecule has 2 aromatic heterocycles. The van der Waals surface area contributed by atoms with Crippen LogP contribution in [0.2, 0.25) is 0 Å². The monoisotopic (exact) mass is 351 g/mol. The van der Waals surface area contributed by atoms with Crippen LogP contribution in [-0.4, -0.2) is 19.5 Å². The molecule has 130 valence electrons. The zero-order valence-electron chi connectivity index (χ0n) is 12.9. The summed E-state index contributed by atoms with van der Waals surface area (Å²) in [6.07, 6.45) is -3.28. The molecule has 0 aliphatic rings. The molecule has 3 aromatic rings. The predicted molar refractivity (Wildman–Crippen MR) is 83.1 cm³/mol. The Morgan fingerprint density at radius 1 is 1.20 bits per heavy atom. The second-order valence-electron chi connectivity index (χ2n) is 5.35. The van der Waals surface area contributed by atoms with E-state index < -0.39 is 16.7 Å². The van der Waals surface area contributed by atoms with Gasteiger partial charge in [0.25, 0.3) is 0 Å². The molecule has 0 spiro atoms. The summed E-state index contributed by atoms with van der Waals surface area (Å²) in [5.74, 6) is 0.0573. The van der Waals surface area contributed by atoms with Crippen LogP contribution in [0.4, 0.5) is 24.8 Å². The molecule has 0 saturated heterocycles. The van der Waals surface area contributed by atoms with Gasteiger partial charge in [-0.3, -0.25) is 0 Å². The number of alkyl halides is 3. The van der Waals surface area contributed by atoms with Crippen molar-refractivity contribution in [2.45, 2.75) is 19.1 Å². The third-order valence-electron chi connectivity index (χ3n) is 3.63. The Hall–Kier alpha value is -3.17. The number of rotatable bonds is 4. The fraction of sp³-hybridized carbons (Fsp3) is 0.200. The number of hydrogen-bond donors (Lipinski definition) is 1. The largest absolute Gasteiger partial charge is 0.416 e. The van der Waals surface area contributed by atoms with E-state index >= 15 is 0 Å². The van der Waals surface area contributed by atoms with E-state index in [0.29, 0.717) is 17.0 Å². The number of nitrogens with one attached hydrogen (secondary N) is 1. The van der Waals surface area contributed by atoms with Gasteiger partial charge in [-0.1, -0.05) is 21.7 Å². The zero-order valence-corrected chi connectivity index (χ0v) is 12.9. The van der Waals surface area contributed by atoms with Gasteiger partial charge in [-0.15, -0.1) is 0 Å². The van der Waals surface area contributed by atoms with Crippen LogP contribution in [0.15, 0.2) is 42.6 Å². The number of nitrogens with zero attached hydrogens (tertiary/aromatic N) is 4. The number of benzene rings is 1. The Morgan fingerprint density at radius 3 is 2.48 bits per heavy atom. The molecule has 25 heavy (non-hydrogen) atoms. The molecule has 7 nitrogen and oxygen atoms in total. The number of fused-ring (bicyclic) bond motifs is 1. The van der Waals surface area contributed by atoms with Crippen LogP contribution in [0.1, 0.15) is 24.1 Å². The van der Waals surface area contributed by atoms with Crippen molar-refractivity contribution in [3.05, 3.63) is 63.8 Å². The van der Waals surface area contributed by atoms with Gasteiger partial charge < -0.3 is 15.4 Å². The highest BCUT2D eigenvalue weighted by Gasteiger charge is 2.30. The van der Waals surface area contributed by atoms with E-state index in [-0.39, 0.29) is 11.9 Å². The van der Waals surface area contributed by atoms with E-state index in [9.17, 15) is 23.3 Å². The lowest BCUT2D eigenvalue weighted by Crippen LogP contribution is -2.11. The summed E-state index contributed by atoms with van der Waals surface area (Å²) in [7, 11) is 0.